The average Bonchev–Trinajstić information content (AvgIpc) is 2.53. The van der Waals surface area contributed by atoms with Gasteiger partial charge in [0.1, 0.15) is 0 Å². The van der Waals surface area contributed by atoms with Gasteiger partial charge in [-0.3, -0.25) is 4.79 Å². The maximum atomic E-state index is 12.2. The monoisotopic (exact) mass is 334 g/mol. The average molecular weight is 334 g/mol. The van der Waals surface area contributed by atoms with Crippen LogP contribution in [0.4, 0.5) is 5.69 Å². The molecular formula is C16H18N2O4S. The molecule has 0 aliphatic heterocycles. The van der Waals surface area contributed by atoms with Crippen molar-refractivity contribution in [2.45, 2.75) is 17.9 Å². The van der Waals surface area contributed by atoms with E-state index in [-0.39, 0.29) is 17.3 Å². The van der Waals surface area contributed by atoms with E-state index in [2.05, 4.69) is 10.0 Å². The van der Waals surface area contributed by atoms with E-state index in [0.717, 1.165) is 0 Å². The van der Waals surface area contributed by atoms with E-state index < -0.39 is 16.1 Å². The number of anilines is 1. The molecule has 1 unspecified atom stereocenters. The smallest absolute Gasteiger partial charge is 0.240 e. The molecule has 0 fully saturated rings. The zero-order valence-corrected chi connectivity index (χ0v) is 13.4. The summed E-state index contributed by atoms with van der Waals surface area (Å²) in [6.07, 6.45) is -0.926. The standard InChI is InChI=1S/C16H18N2O4S/c1-12(19)18-14-7-9-15(10-8-14)23(21,22)17-11-16(20)13-5-3-2-4-6-13/h2-10,16-17,20H,11H2,1H3,(H,18,19). The minimum Gasteiger partial charge on any atom is -0.387 e. The van der Waals surface area contributed by atoms with Crippen LogP contribution in [0.15, 0.2) is 59.5 Å². The van der Waals surface area contributed by atoms with E-state index in [1.54, 1.807) is 24.3 Å². The van der Waals surface area contributed by atoms with Gasteiger partial charge in [-0.25, -0.2) is 13.1 Å². The lowest BCUT2D eigenvalue weighted by Gasteiger charge is -2.13. The van der Waals surface area contributed by atoms with Crippen LogP contribution in [0.25, 0.3) is 0 Å². The topological polar surface area (TPSA) is 95.5 Å². The SMILES string of the molecule is CC(=O)Nc1ccc(S(=O)(=O)NCC(O)c2ccccc2)cc1. The number of sulfonamides is 1. The molecule has 2 aromatic carbocycles. The lowest BCUT2D eigenvalue weighted by atomic mass is 10.1. The number of carbonyl (C=O) groups excluding carboxylic acids is 1. The molecule has 0 radical (unpaired) electrons. The van der Waals surface area contributed by atoms with Gasteiger partial charge in [-0.05, 0) is 29.8 Å². The highest BCUT2D eigenvalue weighted by atomic mass is 32.2. The van der Waals surface area contributed by atoms with Crippen LogP contribution in [0.3, 0.4) is 0 Å². The largest absolute Gasteiger partial charge is 0.387 e. The van der Waals surface area contributed by atoms with Crippen LogP contribution in [0.5, 0.6) is 0 Å². The number of benzene rings is 2. The van der Waals surface area contributed by atoms with Gasteiger partial charge in [0.25, 0.3) is 0 Å². The summed E-state index contributed by atoms with van der Waals surface area (Å²) in [6, 6.07) is 14.6. The van der Waals surface area contributed by atoms with Crippen LogP contribution in [-0.2, 0) is 14.8 Å². The maximum absolute atomic E-state index is 12.2. The van der Waals surface area contributed by atoms with Crippen LogP contribution >= 0.6 is 0 Å². The van der Waals surface area contributed by atoms with Crippen molar-refractivity contribution in [1.29, 1.82) is 0 Å². The quantitative estimate of drug-likeness (QED) is 0.748. The molecule has 0 aliphatic carbocycles. The summed E-state index contributed by atoms with van der Waals surface area (Å²) >= 11 is 0. The molecule has 0 aliphatic rings. The van der Waals surface area contributed by atoms with Gasteiger partial charge in [0, 0.05) is 19.2 Å². The Morgan fingerprint density at radius 3 is 2.26 bits per heavy atom. The van der Waals surface area contributed by atoms with Gasteiger partial charge in [-0.15, -0.1) is 0 Å². The summed E-state index contributed by atoms with van der Waals surface area (Å²) < 4.78 is 26.8. The first kappa shape index (κ1) is 17.1. The van der Waals surface area contributed by atoms with Crippen molar-refractivity contribution in [2.24, 2.45) is 0 Å². The van der Waals surface area contributed by atoms with Crippen molar-refractivity contribution in [3.8, 4) is 0 Å². The summed E-state index contributed by atoms with van der Waals surface area (Å²) in [5, 5.41) is 12.6. The Labute approximate surface area is 135 Å². The Balaban J connectivity index is 2.02. The molecular weight excluding hydrogens is 316 g/mol. The van der Waals surface area contributed by atoms with Crippen LogP contribution in [0.2, 0.25) is 0 Å². The zero-order valence-electron chi connectivity index (χ0n) is 12.6. The Kier molecular flexibility index (Phi) is 5.49. The molecule has 0 heterocycles. The molecule has 0 saturated carbocycles. The highest BCUT2D eigenvalue weighted by molar-refractivity contribution is 7.89. The number of aliphatic hydroxyl groups excluding tert-OH is 1. The Morgan fingerprint density at radius 1 is 1.09 bits per heavy atom. The molecule has 3 N–H and O–H groups in total. The minimum atomic E-state index is -3.73. The van der Waals surface area contributed by atoms with Crippen LogP contribution in [0.1, 0.15) is 18.6 Å². The Bertz CT molecular complexity index is 758. The first-order valence-electron chi connectivity index (χ1n) is 6.99. The van der Waals surface area contributed by atoms with Gasteiger partial charge < -0.3 is 10.4 Å². The second kappa shape index (κ2) is 7.36. The minimum absolute atomic E-state index is 0.0619. The van der Waals surface area contributed by atoms with Gasteiger partial charge in [0.05, 0.1) is 11.0 Å². The van der Waals surface area contributed by atoms with Gasteiger partial charge in [-0.2, -0.15) is 0 Å². The number of hydrogen-bond donors (Lipinski definition) is 3. The molecule has 6 nitrogen and oxygen atoms in total. The van der Waals surface area contributed by atoms with Gasteiger partial charge in [-0.1, -0.05) is 30.3 Å². The normalized spacial score (nSPS) is 12.6. The lowest BCUT2D eigenvalue weighted by molar-refractivity contribution is -0.114. The van der Waals surface area contributed by atoms with Crippen molar-refractivity contribution in [2.75, 3.05) is 11.9 Å². The van der Waals surface area contributed by atoms with Crippen LogP contribution in [-0.4, -0.2) is 26.0 Å². The van der Waals surface area contributed by atoms with Gasteiger partial charge >= 0.3 is 0 Å². The molecule has 0 aromatic heterocycles. The van der Waals surface area contributed by atoms with Crippen molar-refractivity contribution >= 4 is 21.6 Å². The summed E-state index contributed by atoms with van der Waals surface area (Å²) in [5.41, 5.74) is 1.15. The second-order valence-corrected chi connectivity index (χ2v) is 6.75. The number of rotatable bonds is 6. The molecule has 23 heavy (non-hydrogen) atoms. The van der Waals surface area contributed by atoms with Gasteiger partial charge in [0.2, 0.25) is 15.9 Å². The molecule has 2 rings (SSSR count). The molecule has 1 amide bonds. The summed E-state index contributed by atoms with van der Waals surface area (Å²) in [5.74, 6) is -0.232. The molecule has 1 atom stereocenters. The summed E-state index contributed by atoms with van der Waals surface area (Å²) in [7, 11) is -3.73. The van der Waals surface area contributed by atoms with E-state index in [1.807, 2.05) is 6.07 Å². The Hall–Kier alpha value is -2.22. The summed E-state index contributed by atoms with van der Waals surface area (Å²) in [6.45, 7) is 1.25. The fourth-order valence-corrected chi connectivity index (χ4v) is 3.02. The Morgan fingerprint density at radius 2 is 1.70 bits per heavy atom. The molecule has 122 valence electrons. The molecule has 2 aromatic rings. The van der Waals surface area contributed by atoms with Crippen molar-refractivity contribution in [1.82, 2.24) is 4.72 Å². The predicted molar refractivity (Wildman–Crippen MR) is 87.3 cm³/mol. The third-order valence-electron chi connectivity index (χ3n) is 3.14. The van der Waals surface area contributed by atoms with Crippen LogP contribution < -0.4 is 10.0 Å². The first-order chi connectivity index (χ1) is 10.9. The molecule has 0 spiro atoms. The zero-order chi connectivity index (χ0) is 16.9. The number of aliphatic hydroxyl groups is 1. The number of nitrogens with one attached hydrogen (secondary N) is 2. The maximum Gasteiger partial charge on any atom is 0.240 e. The van der Waals surface area contributed by atoms with E-state index in [0.29, 0.717) is 11.3 Å². The molecule has 7 heteroatoms. The molecule has 0 saturated heterocycles. The van der Waals surface area contributed by atoms with E-state index in [1.165, 1.54) is 31.2 Å². The predicted octanol–water partition coefficient (Wildman–Crippen LogP) is 1.66. The van der Waals surface area contributed by atoms with Crippen LogP contribution in [0, 0.1) is 0 Å². The molecule has 0 bridgehead atoms. The third-order valence-corrected chi connectivity index (χ3v) is 4.58. The van der Waals surface area contributed by atoms with E-state index in [9.17, 15) is 18.3 Å². The van der Waals surface area contributed by atoms with E-state index >= 15 is 0 Å². The second-order valence-electron chi connectivity index (χ2n) is 4.98. The number of carbonyl (C=O) groups is 1. The number of hydrogen-bond acceptors (Lipinski definition) is 4. The highest BCUT2D eigenvalue weighted by Crippen LogP contribution is 2.16. The fourth-order valence-electron chi connectivity index (χ4n) is 1.99. The van der Waals surface area contributed by atoms with Crippen molar-refractivity contribution in [3.05, 3.63) is 60.2 Å². The summed E-state index contributed by atoms with van der Waals surface area (Å²) in [4.78, 5) is 11.0. The third kappa shape index (κ3) is 4.88. The highest BCUT2D eigenvalue weighted by Gasteiger charge is 2.16. The van der Waals surface area contributed by atoms with E-state index in [4.69, 9.17) is 0 Å². The van der Waals surface area contributed by atoms with Gasteiger partial charge in [0.15, 0.2) is 0 Å². The first-order valence-corrected chi connectivity index (χ1v) is 8.47. The van der Waals surface area contributed by atoms with Crippen molar-refractivity contribution < 1.29 is 18.3 Å². The number of amides is 1. The lowest BCUT2D eigenvalue weighted by Crippen LogP contribution is -2.28. The fraction of sp³-hybridized carbons (Fsp3) is 0.188. The van der Waals surface area contributed by atoms with Crippen molar-refractivity contribution in [3.63, 3.8) is 0 Å².